The number of hydrogen-bond donors (Lipinski definition) is 0. The molecule has 0 atom stereocenters. The van der Waals surface area contributed by atoms with Crippen molar-refractivity contribution in [2.24, 2.45) is 5.41 Å². The van der Waals surface area contributed by atoms with Crippen LogP contribution in [-0.4, -0.2) is 30.7 Å². The molecule has 0 aromatic heterocycles. The van der Waals surface area contributed by atoms with Crippen LogP contribution in [0.2, 0.25) is 0 Å². The van der Waals surface area contributed by atoms with Crippen LogP contribution in [0, 0.1) is 5.41 Å². The first-order valence-electron chi connectivity index (χ1n) is 7.10. The van der Waals surface area contributed by atoms with Crippen LogP contribution >= 0.6 is 0 Å². The van der Waals surface area contributed by atoms with Gasteiger partial charge < -0.3 is 9.47 Å². The van der Waals surface area contributed by atoms with Gasteiger partial charge in [0.05, 0.1) is 6.10 Å². The maximum absolute atomic E-state index is 12.4. The molecule has 0 saturated heterocycles. The third-order valence-corrected chi connectivity index (χ3v) is 3.89. The van der Waals surface area contributed by atoms with Gasteiger partial charge in [0.1, 0.15) is 12.2 Å². The predicted molar refractivity (Wildman–Crippen MR) is 72.7 cm³/mol. The molecule has 106 valence electrons. The number of hydrogen-bond acceptors (Lipinski definition) is 3. The molecule has 1 aliphatic carbocycles. The Morgan fingerprint density at radius 3 is 2.17 bits per heavy atom. The lowest BCUT2D eigenvalue weighted by Crippen LogP contribution is -2.48. The molecule has 18 heavy (non-hydrogen) atoms. The minimum absolute atomic E-state index is 0.0904. The molecule has 1 saturated carbocycles. The zero-order valence-electron chi connectivity index (χ0n) is 12.5. The minimum Gasteiger partial charge on any atom is -0.371 e. The van der Waals surface area contributed by atoms with E-state index in [1.165, 1.54) is 0 Å². The summed E-state index contributed by atoms with van der Waals surface area (Å²) >= 11 is 0. The van der Waals surface area contributed by atoms with E-state index in [1.807, 2.05) is 20.8 Å². The van der Waals surface area contributed by atoms with Crippen LogP contribution < -0.4 is 0 Å². The van der Waals surface area contributed by atoms with Crippen LogP contribution in [-0.2, 0) is 14.3 Å². The second-order valence-corrected chi connectivity index (χ2v) is 6.37. The van der Waals surface area contributed by atoms with E-state index in [0.717, 1.165) is 25.7 Å². The van der Waals surface area contributed by atoms with Gasteiger partial charge in [0.25, 0.3) is 0 Å². The summed E-state index contributed by atoms with van der Waals surface area (Å²) in [6.07, 6.45) is 3.83. The lowest BCUT2D eigenvalue weighted by Gasteiger charge is -2.42. The van der Waals surface area contributed by atoms with Gasteiger partial charge in [-0.1, -0.05) is 13.8 Å². The Balaban J connectivity index is 2.66. The van der Waals surface area contributed by atoms with Crippen molar-refractivity contribution in [1.82, 2.24) is 0 Å². The Bertz CT molecular complexity index is 271. The third kappa shape index (κ3) is 4.06. The Morgan fingerprint density at radius 1 is 1.17 bits per heavy atom. The van der Waals surface area contributed by atoms with E-state index in [2.05, 4.69) is 13.8 Å². The molecule has 0 amide bonds. The third-order valence-electron chi connectivity index (χ3n) is 3.89. The van der Waals surface area contributed by atoms with Crippen molar-refractivity contribution in [3.63, 3.8) is 0 Å². The molecule has 0 radical (unpaired) electrons. The highest BCUT2D eigenvalue weighted by Gasteiger charge is 2.44. The smallest absolute Gasteiger partial charge is 0.190 e. The topological polar surface area (TPSA) is 35.5 Å². The monoisotopic (exact) mass is 256 g/mol. The van der Waals surface area contributed by atoms with Crippen LogP contribution in [0.15, 0.2) is 0 Å². The second kappa shape index (κ2) is 6.16. The van der Waals surface area contributed by atoms with Crippen LogP contribution in [0.4, 0.5) is 0 Å². The van der Waals surface area contributed by atoms with Gasteiger partial charge in [0, 0.05) is 6.61 Å². The van der Waals surface area contributed by atoms with Crippen LogP contribution in [0.3, 0.4) is 0 Å². The molecule has 1 aliphatic rings. The van der Waals surface area contributed by atoms with Gasteiger partial charge in [-0.05, 0) is 51.9 Å². The van der Waals surface area contributed by atoms with Crippen molar-refractivity contribution in [3.05, 3.63) is 0 Å². The van der Waals surface area contributed by atoms with Crippen molar-refractivity contribution in [1.29, 1.82) is 0 Å². The van der Waals surface area contributed by atoms with E-state index < -0.39 is 5.60 Å². The van der Waals surface area contributed by atoms with Gasteiger partial charge in [-0.2, -0.15) is 0 Å². The van der Waals surface area contributed by atoms with Gasteiger partial charge in [-0.15, -0.1) is 0 Å². The number of carbonyl (C=O) groups excluding carboxylic acids is 1. The summed E-state index contributed by atoms with van der Waals surface area (Å²) in [6.45, 7) is 11.1. The highest BCUT2D eigenvalue weighted by Crippen LogP contribution is 2.42. The van der Waals surface area contributed by atoms with E-state index in [4.69, 9.17) is 9.47 Å². The van der Waals surface area contributed by atoms with Crippen LogP contribution in [0.1, 0.15) is 60.3 Å². The van der Waals surface area contributed by atoms with E-state index in [0.29, 0.717) is 12.0 Å². The fraction of sp³-hybridized carbons (Fsp3) is 0.933. The van der Waals surface area contributed by atoms with Gasteiger partial charge in [-0.25, -0.2) is 0 Å². The van der Waals surface area contributed by atoms with E-state index in [9.17, 15) is 4.79 Å². The molecule has 0 aromatic carbocycles. The summed E-state index contributed by atoms with van der Waals surface area (Å²) in [5, 5.41) is 0. The summed E-state index contributed by atoms with van der Waals surface area (Å²) < 4.78 is 11.3. The quantitative estimate of drug-likeness (QED) is 0.731. The molecule has 0 unspecified atom stereocenters. The van der Waals surface area contributed by atoms with Crippen molar-refractivity contribution in [2.75, 3.05) is 13.2 Å². The lowest BCUT2D eigenvalue weighted by atomic mass is 9.69. The van der Waals surface area contributed by atoms with Gasteiger partial charge in [-0.3, -0.25) is 4.79 Å². The molecule has 0 bridgehead atoms. The van der Waals surface area contributed by atoms with E-state index in [1.54, 1.807) is 0 Å². The fourth-order valence-electron chi connectivity index (χ4n) is 2.48. The van der Waals surface area contributed by atoms with E-state index >= 15 is 0 Å². The molecule has 3 heteroatoms. The first-order valence-corrected chi connectivity index (χ1v) is 7.10. The summed E-state index contributed by atoms with van der Waals surface area (Å²) in [6, 6.07) is 0. The molecular formula is C15H28O3. The molecule has 1 rings (SSSR count). The molecule has 0 N–H and O–H groups in total. The number of ether oxygens (including phenoxy) is 2. The molecule has 3 nitrogen and oxygen atoms in total. The Kier molecular flexibility index (Phi) is 5.35. The lowest BCUT2D eigenvalue weighted by molar-refractivity contribution is -0.158. The number of Topliss-reactive ketones (excluding diaryl/α,β-unsaturated/α-hetero) is 1. The molecular weight excluding hydrogens is 228 g/mol. The highest BCUT2D eigenvalue weighted by atomic mass is 16.5. The van der Waals surface area contributed by atoms with Crippen molar-refractivity contribution >= 4 is 5.78 Å². The molecule has 0 aliphatic heterocycles. The van der Waals surface area contributed by atoms with Crippen LogP contribution in [0.25, 0.3) is 0 Å². The van der Waals surface area contributed by atoms with Crippen molar-refractivity contribution in [2.45, 2.75) is 72.0 Å². The minimum atomic E-state index is -0.584. The van der Waals surface area contributed by atoms with E-state index in [-0.39, 0.29) is 18.5 Å². The normalized spacial score (nSPS) is 22.1. The standard InChI is InChI=1S/C15H28O3/c1-6-18-15(13(16)11-17-12(2)3)9-7-14(4,5)8-10-15/h12H,6-11H2,1-5H3. The summed E-state index contributed by atoms with van der Waals surface area (Å²) in [5.74, 6) is 0.119. The second-order valence-electron chi connectivity index (χ2n) is 6.37. The first-order chi connectivity index (χ1) is 8.31. The maximum atomic E-state index is 12.4. The zero-order valence-corrected chi connectivity index (χ0v) is 12.5. The number of rotatable bonds is 6. The Labute approximate surface area is 111 Å². The van der Waals surface area contributed by atoms with Gasteiger partial charge >= 0.3 is 0 Å². The number of carbonyl (C=O) groups is 1. The summed E-state index contributed by atoms with van der Waals surface area (Å²) in [5.41, 5.74) is -0.251. The van der Waals surface area contributed by atoms with Crippen molar-refractivity contribution < 1.29 is 14.3 Å². The van der Waals surface area contributed by atoms with Crippen molar-refractivity contribution in [3.8, 4) is 0 Å². The molecule has 0 heterocycles. The Morgan fingerprint density at radius 2 is 1.72 bits per heavy atom. The average Bonchev–Trinajstić information content (AvgIpc) is 2.29. The zero-order chi connectivity index (χ0) is 13.8. The van der Waals surface area contributed by atoms with Gasteiger partial charge in [0.15, 0.2) is 5.78 Å². The predicted octanol–water partition coefficient (Wildman–Crippen LogP) is 3.36. The molecule has 0 spiro atoms. The fourth-order valence-corrected chi connectivity index (χ4v) is 2.48. The van der Waals surface area contributed by atoms with Gasteiger partial charge in [0.2, 0.25) is 0 Å². The molecule has 1 fully saturated rings. The SMILES string of the molecule is CCOC1(C(=O)COC(C)C)CCC(C)(C)CC1. The Hall–Kier alpha value is -0.410. The highest BCUT2D eigenvalue weighted by molar-refractivity contribution is 5.88. The number of ketones is 1. The largest absolute Gasteiger partial charge is 0.371 e. The average molecular weight is 256 g/mol. The summed E-state index contributed by atoms with van der Waals surface area (Å²) in [4.78, 5) is 12.4. The maximum Gasteiger partial charge on any atom is 0.190 e. The van der Waals surface area contributed by atoms with Crippen LogP contribution in [0.5, 0.6) is 0 Å². The first kappa shape index (κ1) is 15.6. The summed E-state index contributed by atoms with van der Waals surface area (Å²) in [7, 11) is 0. The molecule has 0 aromatic rings.